The van der Waals surface area contributed by atoms with Crippen LogP contribution in [-0.2, 0) is 18.3 Å². The van der Waals surface area contributed by atoms with E-state index in [1.807, 2.05) is 0 Å². The van der Waals surface area contributed by atoms with Gasteiger partial charge >= 0.3 is 18.3 Å². The summed E-state index contributed by atoms with van der Waals surface area (Å²) in [5.41, 5.74) is -28.8. The topological polar surface area (TPSA) is 145 Å². The summed E-state index contributed by atoms with van der Waals surface area (Å²) in [6, 6.07) is 3.68. The van der Waals surface area contributed by atoms with E-state index in [0.717, 1.165) is 12.1 Å². The molecule has 3 aromatic rings. The Bertz CT molecular complexity index is 2330. The molecule has 1 saturated carbocycles. The maximum atomic E-state index is 15.2. The second-order valence-electron chi connectivity index (χ2n) is 10.3. The van der Waals surface area contributed by atoms with Crippen LogP contribution in [0.2, 0.25) is 0 Å². The lowest BCUT2D eigenvalue weighted by molar-refractivity contribution is -0.149. The van der Waals surface area contributed by atoms with Crippen molar-refractivity contribution in [3.8, 4) is 30.3 Å². The highest BCUT2D eigenvalue weighted by atomic mass is 19.4. The van der Waals surface area contributed by atoms with E-state index in [4.69, 9.17) is 10.5 Å². The Balaban J connectivity index is 2.46. The monoisotopic (exact) mass is 777 g/mol. The Morgan fingerprint density at radius 2 is 0.704 bits per heavy atom. The molecule has 0 atom stereocenters. The predicted octanol–water partition coefficient (Wildman–Crippen LogP) is 8.73. The zero-order valence-electron chi connectivity index (χ0n) is 25.2. The van der Waals surface area contributed by atoms with Crippen LogP contribution in [0.1, 0.15) is 52.0 Å². The Kier molecular flexibility index (Phi) is 9.77. The van der Waals surface area contributed by atoms with Crippen molar-refractivity contribution in [2.24, 2.45) is 0 Å². The summed E-state index contributed by atoms with van der Waals surface area (Å²) in [4.78, 5) is 4.75. The van der Waals surface area contributed by atoms with Crippen molar-refractivity contribution < 1.29 is 70.2 Å². The SMILES string of the molecule is CC(F)(F)c1nc(C(F)(F)F)c(/C(C#N)=C2/C(=C(C#N)c3c(F)c(F)c(C#N)c(F)c3F)/C2=C(/C#N)c2c(F)c(F)c(C#N)c(F)c2F)c(C(F)(F)F)n1. The standard InChI is InChI=1S/C31H3F16N7/c1-29(40,41)28-53-26(30(42,43)44)17(27(54-28)31(45,46)47)9(4-50)14-12(7(2-48)15-22(36)18(32)10(5-51)19(33)23(15)37)13(14)8(3-49)16-24(38)20(34)11(6-52)21(35)25(16)39/h1H3/b12-7+,13-8?,14-9+. The summed E-state index contributed by atoms with van der Waals surface area (Å²) in [6.45, 7) is -0.259. The van der Waals surface area contributed by atoms with Crippen LogP contribution in [-0.4, -0.2) is 9.97 Å². The molecule has 1 heterocycles. The van der Waals surface area contributed by atoms with Crippen LogP contribution in [0.5, 0.6) is 0 Å². The number of hydrogen-bond acceptors (Lipinski definition) is 7. The van der Waals surface area contributed by atoms with Gasteiger partial charge in [-0.1, -0.05) is 0 Å². The molecule has 1 aromatic heterocycles. The third-order valence-corrected chi connectivity index (χ3v) is 7.11. The number of nitrogens with zero attached hydrogens (tertiary/aromatic N) is 7. The largest absolute Gasteiger partial charge is 0.434 e. The number of alkyl halides is 8. The van der Waals surface area contributed by atoms with Crippen LogP contribution in [0.4, 0.5) is 70.2 Å². The quantitative estimate of drug-likeness (QED) is 0.146. The maximum absolute atomic E-state index is 15.2. The fraction of sp³-hybridized carbons (Fsp3) is 0.129. The van der Waals surface area contributed by atoms with Crippen LogP contribution in [0.3, 0.4) is 0 Å². The average molecular weight is 777 g/mol. The first-order valence-electron chi connectivity index (χ1n) is 13.3. The van der Waals surface area contributed by atoms with Crippen LogP contribution in [0.15, 0.2) is 16.7 Å². The number of rotatable bonds is 4. The first-order chi connectivity index (χ1) is 24.9. The summed E-state index contributed by atoms with van der Waals surface area (Å²) in [6.07, 6.45) is -12.6. The molecular formula is C31H3F16N7. The van der Waals surface area contributed by atoms with Gasteiger partial charge < -0.3 is 0 Å². The molecule has 0 amide bonds. The van der Waals surface area contributed by atoms with Gasteiger partial charge in [-0.25, -0.2) is 45.1 Å². The van der Waals surface area contributed by atoms with Gasteiger partial charge in [0.05, 0.1) is 33.4 Å². The second kappa shape index (κ2) is 13.2. The number of benzene rings is 2. The molecule has 274 valence electrons. The normalized spacial score (nSPS) is 15.7. The van der Waals surface area contributed by atoms with Gasteiger partial charge in [0.1, 0.15) is 41.5 Å². The smallest absolute Gasteiger partial charge is 0.222 e. The van der Waals surface area contributed by atoms with Gasteiger partial charge in [-0.2, -0.15) is 61.4 Å². The van der Waals surface area contributed by atoms with Crippen molar-refractivity contribution in [3.63, 3.8) is 0 Å². The molecular weight excluding hydrogens is 774 g/mol. The molecule has 0 spiro atoms. The lowest BCUT2D eigenvalue weighted by atomic mass is 9.98. The van der Waals surface area contributed by atoms with Gasteiger partial charge in [-0.05, 0) is 0 Å². The van der Waals surface area contributed by atoms with Gasteiger partial charge in [0.15, 0.2) is 63.8 Å². The second-order valence-corrected chi connectivity index (χ2v) is 10.3. The minimum atomic E-state index is -6.28. The van der Waals surface area contributed by atoms with Crippen LogP contribution < -0.4 is 0 Å². The van der Waals surface area contributed by atoms with Crippen LogP contribution in [0, 0.1) is 103 Å². The summed E-state index contributed by atoms with van der Waals surface area (Å²) in [5, 5.41) is 47.4. The van der Waals surface area contributed by atoms with Crippen LogP contribution >= 0.6 is 0 Å². The van der Waals surface area contributed by atoms with Gasteiger partial charge in [0.25, 0.3) is 0 Å². The number of aromatic nitrogens is 2. The molecule has 0 N–H and O–H groups in total. The summed E-state index contributed by atoms with van der Waals surface area (Å²) >= 11 is 0. The van der Waals surface area contributed by atoms with E-state index in [0.29, 0.717) is 18.2 Å². The Labute approximate surface area is 287 Å². The van der Waals surface area contributed by atoms with Gasteiger partial charge in [0, 0.05) is 23.6 Å². The molecule has 0 saturated heterocycles. The van der Waals surface area contributed by atoms with Gasteiger partial charge in [-0.3, -0.25) is 0 Å². The average Bonchev–Trinajstić information content (AvgIpc) is 3.79. The third-order valence-electron chi connectivity index (χ3n) is 7.11. The zero-order chi connectivity index (χ0) is 41.2. The van der Waals surface area contributed by atoms with E-state index < -0.39 is 143 Å². The fourth-order valence-corrected chi connectivity index (χ4v) is 4.85. The first kappa shape index (κ1) is 39.8. The van der Waals surface area contributed by atoms with Crippen molar-refractivity contribution in [1.82, 2.24) is 9.97 Å². The van der Waals surface area contributed by atoms with E-state index in [1.54, 1.807) is 0 Å². The minimum absolute atomic E-state index is 0.259. The lowest BCUT2D eigenvalue weighted by Crippen LogP contribution is -2.25. The molecule has 1 aliphatic carbocycles. The fourth-order valence-electron chi connectivity index (χ4n) is 4.85. The summed E-state index contributed by atoms with van der Waals surface area (Å²) in [5.74, 6) is -28.3. The summed E-state index contributed by atoms with van der Waals surface area (Å²) in [7, 11) is 0. The van der Waals surface area contributed by atoms with E-state index in [2.05, 4.69) is 9.97 Å². The van der Waals surface area contributed by atoms with Crippen LogP contribution in [0.25, 0.3) is 16.7 Å². The van der Waals surface area contributed by atoms with E-state index in [1.165, 1.54) is 0 Å². The van der Waals surface area contributed by atoms with E-state index >= 15 is 17.6 Å². The van der Waals surface area contributed by atoms with Crippen molar-refractivity contribution >= 4 is 16.7 Å². The lowest BCUT2D eigenvalue weighted by Gasteiger charge is -2.19. The molecule has 1 aliphatic rings. The van der Waals surface area contributed by atoms with Gasteiger partial charge in [0.2, 0.25) is 0 Å². The van der Waals surface area contributed by atoms with Crippen molar-refractivity contribution in [1.29, 1.82) is 26.3 Å². The van der Waals surface area contributed by atoms with Crippen molar-refractivity contribution in [2.75, 3.05) is 0 Å². The van der Waals surface area contributed by atoms with Gasteiger partial charge in [-0.15, -0.1) is 0 Å². The molecule has 0 radical (unpaired) electrons. The number of nitriles is 5. The maximum Gasteiger partial charge on any atom is 0.434 e. The number of allylic oxidation sites excluding steroid dienone is 6. The highest BCUT2D eigenvalue weighted by Gasteiger charge is 2.51. The highest BCUT2D eigenvalue weighted by Crippen LogP contribution is 2.58. The van der Waals surface area contributed by atoms with E-state index in [-0.39, 0.29) is 6.92 Å². The molecule has 0 unspecified atom stereocenters. The molecule has 0 bridgehead atoms. The molecule has 23 heteroatoms. The molecule has 1 fully saturated rings. The van der Waals surface area contributed by atoms with Crippen molar-refractivity contribution in [3.05, 3.63) is 108 Å². The minimum Gasteiger partial charge on any atom is -0.222 e. The van der Waals surface area contributed by atoms with E-state index in [9.17, 15) is 68.5 Å². The first-order valence-corrected chi connectivity index (χ1v) is 13.3. The Hall–Kier alpha value is -6.93. The highest BCUT2D eigenvalue weighted by molar-refractivity contribution is 6.12. The third kappa shape index (κ3) is 6.17. The Morgan fingerprint density at radius 1 is 0.444 bits per heavy atom. The summed E-state index contributed by atoms with van der Waals surface area (Å²) < 4.78 is 233. The molecule has 0 aliphatic heterocycles. The molecule has 54 heavy (non-hydrogen) atoms. The predicted molar refractivity (Wildman–Crippen MR) is 141 cm³/mol. The number of halogens is 16. The molecule has 4 rings (SSSR count). The molecule has 2 aromatic carbocycles. The number of hydrogen-bond donors (Lipinski definition) is 0. The van der Waals surface area contributed by atoms with Crippen molar-refractivity contribution in [2.45, 2.75) is 25.2 Å². The molecule has 7 nitrogen and oxygen atoms in total. The Morgan fingerprint density at radius 3 is 0.907 bits per heavy atom. The zero-order valence-corrected chi connectivity index (χ0v) is 25.2.